The van der Waals surface area contributed by atoms with Crippen molar-refractivity contribution in [2.45, 2.75) is 51.2 Å². The van der Waals surface area contributed by atoms with Crippen molar-refractivity contribution in [3.8, 4) is 0 Å². The number of rotatable bonds is 2. The molecule has 0 unspecified atom stereocenters. The van der Waals surface area contributed by atoms with Crippen LogP contribution in [0.2, 0.25) is 5.02 Å². The molecule has 2 rings (SSSR count). The first-order chi connectivity index (χ1) is 9.20. The third-order valence-corrected chi connectivity index (χ3v) is 3.72. The Morgan fingerprint density at radius 1 is 1.40 bits per heavy atom. The van der Waals surface area contributed by atoms with Gasteiger partial charge < -0.3 is 10.5 Å². The first-order valence-electron chi connectivity index (χ1n) is 6.79. The fourth-order valence-corrected chi connectivity index (χ4v) is 2.54. The third kappa shape index (κ3) is 3.44. The van der Waals surface area contributed by atoms with E-state index in [4.69, 9.17) is 22.1 Å². The van der Waals surface area contributed by atoms with Gasteiger partial charge in [-0.15, -0.1) is 0 Å². The van der Waals surface area contributed by atoms with Gasteiger partial charge >= 0.3 is 6.09 Å². The number of hydrogen-bond acceptors (Lipinski definition) is 3. The maximum absolute atomic E-state index is 11.8. The molecule has 0 atom stereocenters. The number of hydrogen-bond donors (Lipinski definition) is 2. The van der Waals surface area contributed by atoms with Gasteiger partial charge in [0.1, 0.15) is 5.60 Å². The molecule has 0 saturated heterocycles. The van der Waals surface area contributed by atoms with Crippen molar-refractivity contribution < 1.29 is 9.53 Å². The SMILES string of the molecule is CC(C)(C)OC(=O)Nc1ccc(Cl)c(C2(N)CCC2)c1. The minimum atomic E-state index is -0.525. The molecular formula is C15H21ClN2O2. The van der Waals surface area contributed by atoms with E-state index in [1.54, 1.807) is 12.1 Å². The summed E-state index contributed by atoms with van der Waals surface area (Å²) in [5, 5.41) is 3.35. The van der Waals surface area contributed by atoms with Crippen LogP contribution >= 0.6 is 11.6 Å². The second kappa shape index (κ2) is 5.26. The fourth-order valence-electron chi connectivity index (χ4n) is 2.23. The lowest BCUT2D eigenvalue weighted by atomic mass is 9.72. The molecule has 0 heterocycles. The highest BCUT2D eigenvalue weighted by molar-refractivity contribution is 6.31. The lowest BCUT2D eigenvalue weighted by Gasteiger charge is -2.39. The topological polar surface area (TPSA) is 64.3 Å². The summed E-state index contributed by atoms with van der Waals surface area (Å²) in [6, 6.07) is 5.35. The molecule has 1 aromatic rings. The number of carbonyl (C=O) groups is 1. The number of nitrogens with two attached hydrogens (primary N) is 1. The molecule has 1 aliphatic carbocycles. The van der Waals surface area contributed by atoms with E-state index >= 15 is 0 Å². The van der Waals surface area contributed by atoms with Gasteiger partial charge in [-0.3, -0.25) is 5.32 Å². The van der Waals surface area contributed by atoms with E-state index in [2.05, 4.69) is 5.32 Å². The van der Waals surface area contributed by atoms with E-state index in [0.29, 0.717) is 10.7 Å². The van der Waals surface area contributed by atoms with Crippen LogP contribution in [-0.2, 0) is 10.3 Å². The van der Waals surface area contributed by atoms with Crippen LogP contribution in [0.5, 0.6) is 0 Å². The smallest absolute Gasteiger partial charge is 0.412 e. The average Bonchev–Trinajstić information content (AvgIpc) is 2.26. The van der Waals surface area contributed by atoms with Crippen LogP contribution in [0.25, 0.3) is 0 Å². The van der Waals surface area contributed by atoms with Crippen molar-refractivity contribution in [1.82, 2.24) is 0 Å². The van der Waals surface area contributed by atoms with E-state index < -0.39 is 11.7 Å². The van der Waals surface area contributed by atoms with E-state index in [1.165, 1.54) is 0 Å². The van der Waals surface area contributed by atoms with Crippen molar-refractivity contribution in [3.63, 3.8) is 0 Å². The van der Waals surface area contributed by atoms with Crippen LogP contribution in [0, 0.1) is 0 Å². The van der Waals surface area contributed by atoms with Crippen LogP contribution < -0.4 is 11.1 Å². The van der Waals surface area contributed by atoms with Crippen molar-refractivity contribution >= 4 is 23.4 Å². The summed E-state index contributed by atoms with van der Waals surface area (Å²) in [7, 11) is 0. The number of benzene rings is 1. The zero-order chi connectivity index (χ0) is 15.0. The van der Waals surface area contributed by atoms with Crippen molar-refractivity contribution in [1.29, 1.82) is 0 Å². The molecule has 4 nitrogen and oxygen atoms in total. The normalized spacial score (nSPS) is 17.2. The zero-order valence-corrected chi connectivity index (χ0v) is 12.9. The molecule has 5 heteroatoms. The van der Waals surface area contributed by atoms with Crippen molar-refractivity contribution in [2.75, 3.05) is 5.32 Å². The Balaban J connectivity index is 2.14. The van der Waals surface area contributed by atoms with E-state index in [1.807, 2.05) is 26.8 Å². The van der Waals surface area contributed by atoms with Gasteiger partial charge in [0, 0.05) is 16.2 Å². The van der Waals surface area contributed by atoms with E-state index in [0.717, 1.165) is 24.8 Å². The summed E-state index contributed by atoms with van der Waals surface area (Å²) in [4.78, 5) is 11.8. The number of amides is 1. The van der Waals surface area contributed by atoms with Gasteiger partial charge in [-0.2, -0.15) is 0 Å². The van der Waals surface area contributed by atoms with Gasteiger partial charge in [-0.25, -0.2) is 4.79 Å². The predicted molar refractivity (Wildman–Crippen MR) is 81.0 cm³/mol. The molecule has 1 saturated carbocycles. The molecule has 1 amide bonds. The highest BCUT2D eigenvalue weighted by Crippen LogP contribution is 2.42. The number of nitrogens with one attached hydrogen (secondary N) is 1. The van der Waals surface area contributed by atoms with Gasteiger partial charge in [0.25, 0.3) is 0 Å². The van der Waals surface area contributed by atoms with Gasteiger partial charge in [0.2, 0.25) is 0 Å². The summed E-state index contributed by atoms with van der Waals surface area (Å²) < 4.78 is 5.22. The number of carbonyl (C=O) groups excluding carboxylic acids is 1. The summed E-state index contributed by atoms with van der Waals surface area (Å²) in [6.45, 7) is 5.47. The van der Waals surface area contributed by atoms with Gasteiger partial charge in [-0.1, -0.05) is 11.6 Å². The maximum Gasteiger partial charge on any atom is 0.412 e. The van der Waals surface area contributed by atoms with Crippen molar-refractivity contribution in [2.24, 2.45) is 5.73 Å². The molecule has 1 fully saturated rings. The molecule has 1 aliphatic rings. The molecule has 0 radical (unpaired) electrons. The van der Waals surface area contributed by atoms with E-state index in [-0.39, 0.29) is 5.54 Å². The molecule has 3 N–H and O–H groups in total. The second-order valence-corrected chi connectivity index (χ2v) is 6.74. The van der Waals surface area contributed by atoms with E-state index in [9.17, 15) is 4.79 Å². The standard InChI is InChI=1S/C15H21ClN2O2/c1-14(2,3)20-13(19)18-10-5-6-12(16)11(9-10)15(17)7-4-8-15/h5-6,9H,4,7-8,17H2,1-3H3,(H,18,19). The lowest BCUT2D eigenvalue weighted by Crippen LogP contribution is -2.43. The maximum atomic E-state index is 11.8. The molecule has 0 aromatic heterocycles. The molecule has 20 heavy (non-hydrogen) atoms. The minimum Gasteiger partial charge on any atom is -0.444 e. The van der Waals surface area contributed by atoms with Crippen molar-refractivity contribution in [3.05, 3.63) is 28.8 Å². The third-order valence-electron chi connectivity index (χ3n) is 3.39. The van der Waals surface area contributed by atoms with Crippen LogP contribution in [0.3, 0.4) is 0 Å². The summed E-state index contributed by atoms with van der Waals surface area (Å²) >= 11 is 6.21. The minimum absolute atomic E-state index is 0.358. The van der Waals surface area contributed by atoms with Gasteiger partial charge in [0.15, 0.2) is 0 Å². The summed E-state index contributed by atoms with van der Waals surface area (Å²) in [5.41, 5.74) is 6.95. The Morgan fingerprint density at radius 2 is 2.05 bits per heavy atom. The van der Waals surface area contributed by atoms with Crippen LogP contribution in [0.4, 0.5) is 10.5 Å². The van der Waals surface area contributed by atoms with Crippen LogP contribution in [0.1, 0.15) is 45.6 Å². The molecule has 1 aromatic carbocycles. The Hall–Kier alpha value is -1.26. The Kier molecular flexibility index (Phi) is 3.98. The number of anilines is 1. The molecular weight excluding hydrogens is 276 g/mol. The fraction of sp³-hybridized carbons (Fsp3) is 0.533. The lowest BCUT2D eigenvalue weighted by molar-refractivity contribution is 0.0636. The molecule has 110 valence electrons. The zero-order valence-electron chi connectivity index (χ0n) is 12.1. The summed E-state index contributed by atoms with van der Waals surface area (Å²) in [6.07, 6.45) is 2.47. The Bertz CT molecular complexity index is 519. The van der Waals surface area contributed by atoms with Crippen LogP contribution in [0.15, 0.2) is 18.2 Å². The quantitative estimate of drug-likeness (QED) is 0.866. The van der Waals surface area contributed by atoms with Crippen LogP contribution in [-0.4, -0.2) is 11.7 Å². The Morgan fingerprint density at radius 3 is 2.55 bits per heavy atom. The Labute approximate surface area is 124 Å². The predicted octanol–water partition coefficient (Wildman–Crippen LogP) is 4.02. The average molecular weight is 297 g/mol. The van der Waals surface area contributed by atoms with Gasteiger partial charge in [0.05, 0.1) is 0 Å². The molecule has 0 bridgehead atoms. The summed E-state index contributed by atoms with van der Waals surface area (Å²) in [5.74, 6) is 0. The first kappa shape index (κ1) is 15.1. The second-order valence-electron chi connectivity index (χ2n) is 6.33. The number of halogens is 1. The number of ether oxygens (including phenoxy) is 1. The monoisotopic (exact) mass is 296 g/mol. The largest absolute Gasteiger partial charge is 0.444 e. The van der Waals surface area contributed by atoms with Gasteiger partial charge in [-0.05, 0) is 63.8 Å². The molecule has 0 aliphatic heterocycles. The highest BCUT2D eigenvalue weighted by atomic mass is 35.5. The first-order valence-corrected chi connectivity index (χ1v) is 7.16. The highest BCUT2D eigenvalue weighted by Gasteiger charge is 2.36. The molecule has 0 spiro atoms.